The highest BCUT2D eigenvalue weighted by Crippen LogP contribution is 2.36. The molecule has 0 aromatic heterocycles. The third-order valence-electron chi connectivity index (χ3n) is 4.99. The van der Waals surface area contributed by atoms with Crippen LogP contribution in [0.25, 0.3) is 0 Å². The zero-order valence-corrected chi connectivity index (χ0v) is 15.4. The van der Waals surface area contributed by atoms with Crippen LogP contribution in [0, 0.1) is 12.7 Å². The van der Waals surface area contributed by atoms with Crippen molar-refractivity contribution >= 4 is 12.6 Å². The molecule has 3 rings (SSSR count). The van der Waals surface area contributed by atoms with Crippen LogP contribution in [0.4, 0.5) is 4.39 Å². The van der Waals surface area contributed by atoms with Crippen molar-refractivity contribution in [3.05, 3.63) is 59.4 Å². The summed E-state index contributed by atoms with van der Waals surface area (Å²) in [7, 11) is -0.718. The summed E-state index contributed by atoms with van der Waals surface area (Å²) in [5.74, 6) is 0.449. The van der Waals surface area contributed by atoms with E-state index in [1.807, 2.05) is 58.9 Å². The van der Waals surface area contributed by atoms with Crippen molar-refractivity contribution in [2.75, 3.05) is 0 Å². The first-order valence-corrected chi connectivity index (χ1v) is 8.51. The Labute approximate surface area is 149 Å². The highest BCUT2D eigenvalue weighted by atomic mass is 19.1. The van der Waals surface area contributed by atoms with Crippen LogP contribution >= 0.6 is 0 Å². The molecule has 3 nitrogen and oxygen atoms in total. The van der Waals surface area contributed by atoms with Crippen LogP contribution in [-0.2, 0) is 15.9 Å². The molecule has 1 aliphatic heterocycles. The van der Waals surface area contributed by atoms with Crippen LogP contribution in [0.2, 0.25) is 0 Å². The Morgan fingerprint density at radius 3 is 2.16 bits per heavy atom. The minimum Gasteiger partial charge on any atom is -0.489 e. The lowest BCUT2D eigenvalue weighted by Gasteiger charge is -2.32. The van der Waals surface area contributed by atoms with E-state index in [9.17, 15) is 4.39 Å². The average molecular weight is 342 g/mol. The van der Waals surface area contributed by atoms with E-state index < -0.39 is 18.3 Å². The first-order chi connectivity index (χ1) is 11.7. The highest BCUT2D eigenvalue weighted by molar-refractivity contribution is 6.62. The van der Waals surface area contributed by atoms with Crippen molar-refractivity contribution in [3.63, 3.8) is 0 Å². The molecule has 25 heavy (non-hydrogen) atoms. The summed E-state index contributed by atoms with van der Waals surface area (Å²) in [5.41, 5.74) is 1.45. The van der Waals surface area contributed by atoms with Gasteiger partial charge in [0.15, 0.2) is 0 Å². The molecule has 1 heterocycles. The summed E-state index contributed by atoms with van der Waals surface area (Å²) in [5, 5.41) is 0. The van der Waals surface area contributed by atoms with E-state index >= 15 is 0 Å². The van der Waals surface area contributed by atoms with E-state index in [-0.39, 0.29) is 5.82 Å². The Kier molecular flexibility index (Phi) is 4.65. The second-order valence-electron chi connectivity index (χ2n) is 7.55. The van der Waals surface area contributed by atoms with Crippen LogP contribution in [0.3, 0.4) is 0 Å². The molecule has 0 unspecified atom stereocenters. The van der Waals surface area contributed by atoms with Gasteiger partial charge < -0.3 is 14.0 Å². The fraction of sp³-hybridized carbons (Fsp3) is 0.400. The third-order valence-corrected chi connectivity index (χ3v) is 4.99. The maximum absolute atomic E-state index is 14.3. The molecular formula is C20H24BFO3. The van der Waals surface area contributed by atoms with Crippen molar-refractivity contribution in [1.82, 2.24) is 0 Å². The molecule has 0 bridgehead atoms. The van der Waals surface area contributed by atoms with Gasteiger partial charge in [-0.2, -0.15) is 0 Å². The molecule has 1 fully saturated rings. The van der Waals surface area contributed by atoms with E-state index in [0.29, 0.717) is 12.1 Å². The lowest BCUT2D eigenvalue weighted by molar-refractivity contribution is 0.00578. The molecule has 0 N–H and O–H groups in total. The summed E-state index contributed by atoms with van der Waals surface area (Å²) in [4.78, 5) is 0. The van der Waals surface area contributed by atoms with Gasteiger partial charge in [-0.15, -0.1) is 0 Å². The average Bonchev–Trinajstić information content (AvgIpc) is 2.76. The van der Waals surface area contributed by atoms with Gasteiger partial charge in [-0.25, -0.2) is 4.39 Å². The molecule has 0 radical (unpaired) electrons. The summed E-state index contributed by atoms with van der Waals surface area (Å²) in [6, 6.07) is 12.8. The maximum Gasteiger partial charge on any atom is 0.497 e. The summed E-state index contributed by atoms with van der Waals surface area (Å²) in [6.45, 7) is 10.2. The third kappa shape index (κ3) is 3.72. The highest BCUT2D eigenvalue weighted by Gasteiger charge is 2.52. The Bertz CT molecular complexity index is 740. The van der Waals surface area contributed by atoms with E-state index in [1.165, 1.54) is 11.6 Å². The zero-order valence-electron chi connectivity index (χ0n) is 15.4. The van der Waals surface area contributed by atoms with Crippen molar-refractivity contribution in [2.24, 2.45) is 0 Å². The van der Waals surface area contributed by atoms with Gasteiger partial charge in [0.05, 0.1) is 11.2 Å². The first kappa shape index (κ1) is 18.0. The van der Waals surface area contributed by atoms with E-state index in [4.69, 9.17) is 14.0 Å². The van der Waals surface area contributed by atoms with Crippen LogP contribution < -0.4 is 10.2 Å². The minimum absolute atomic E-state index is 0.336. The predicted octanol–water partition coefficient (Wildman–Crippen LogP) is 4.01. The molecule has 0 amide bonds. The van der Waals surface area contributed by atoms with Crippen LogP contribution in [0.1, 0.15) is 38.8 Å². The molecule has 0 aliphatic carbocycles. The van der Waals surface area contributed by atoms with Gasteiger partial charge >= 0.3 is 7.12 Å². The van der Waals surface area contributed by atoms with Gasteiger partial charge in [-0.05, 0) is 58.4 Å². The number of hydrogen-bond acceptors (Lipinski definition) is 3. The SMILES string of the molecule is Cc1ccc(OCc2ccc(F)c(B3OC(C)(C)C(C)(C)O3)c2)cc1. The van der Waals surface area contributed by atoms with Crippen molar-refractivity contribution in [3.8, 4) is 5.75 Å². The normalized spacial score (nSPS) is 18.4. The van der Waals surface area contributed by atoms with Gasteiger partial charge in [-0.3, -0.25) is 0 Å². The Morgan fingerprint density at radius 2 is 1.56 bits per heavy atom. The fourth-order valence-electron chi connectivity index (χ4n) is 2.63. The maximum atomic E-state index is 14.3. The van der Waals surface area contributed by atoms with Gasteiger partial charge in [0.25, 0.3) is 0 Å². The van der Waals surface area contributed by atoms with Crippen molar-refractivity contribution < 1.29 is 18.4 Å². The molecule has 132 valence electrons. The first-order valence-electron chi connectivity index (χ1n) is 8.51. The van der Waals surface area contributed by atoms with Gasteiger partial charge in [0, 0.05) is 5.46 Å². The largest absolute Gasteiger partial charge is 0.497 e. The molecule has 2 aromatic rings. The number of hydrogen-bond donors (Lipinski definition) is 0. The van der Waals surface area contributed by atoms with Crippen molar-refractivity contribution in [1.29, 1.82) is 0 Å². The topological polar surface area (TPSA) is 27.7 Å². The molecule has 2 aromatic carbocycles. The summed E-state index contributed by atoms with van der Waals surface area (Å²) < 4.78 is 32.0. The zero-order chi connectivity index (χ0) is 18.2. The molecule has 1 aliphatic rings. The van der Waals surface area contributed by atoms with E-state index in [1.54, 1.807) is 12.1 Å². The predicted molar refractivity (Wildman–Crippen MR) is 97.6 cm³/mol. The number of benzene rings is 2. The Morgan fingerprint density at radius 1 is 0.960 bits per heavy atom. The standard InChI is InChI=1S/C20H24BFO3/c1-14-6-9-16(10-7-14)23-13-15-8-11-18(22)17(12-15)21-24-19(2,3)20(4,5)25-21/h6-12H,13H2,1-5H3. The monoisotopic (exact) mass is 342 g/mol. The number of rotatable bonds is 4. The molecule has 5 heteroatoms. The lowest BCUT2D eigenvalue weighted by atomic mass is 9.78. The van der Waals surface area contributed by atoms with Gasteiger partial charge in [-0.1, -0.05) is 29.8 Å². The van der Waals surface area contributed by atoms with Crippen LogP contribution in [0.15, 0.2) is 42.5 Å². The lowest BCUT2D eigenvalue weighted by Crippen LogP contribution is -2.41. The number of aryl methyl sites for hydroxylation is 1. The smallest absolute Gasteiger partial charge is 0.489 e. The number of halogens is 1. The van der Waals surface area contributed by atoms with E-state index in [0.717, 1.165) is 11.3 Å². The molecule has 0 saturated carbocycles. The van der Waals surface area contributed by atoms with Gasteiger partial charge in [0.1, 0.15) is 18.2 Å². The summed E-state index contributed by atoms with van der Waals surface area (Å²) >= 11 is 0. The van der Waals surface area contributed by atoms with Crippen molar-refractivity contribution in [2.45, 2.75) is 52.4 Å². The minimum atomic E-state index is -0.718. The molecule has 0 atom stereocenters. The Hall–Kier alpha value is -1.85. The van der Waals surface area contributed by atoms with Crippen LogP contribution in [-0.4, -0.2) is 18.3 Å². The van der Waals surface area contributed by atoms with Gasteiger partial charge in [0.2, 0.25) is 0 Å². The van der Waals surface area contributed by atoms with Crippen LogP contribution in [0.5, 0.6) is 5.75 Å². The Balaban J connectivity index is 1.76. The molecule has 1 saturated heterocycles. The molecular weight excluding hydrogens is 318 g/mol. The quantitative estimate of drug-likeness (QED) is 0.786. The second-order valence-corrected chi connectivity index (χ2v) is 7.55. The van der Waals surface area contributed by atoms with E-state index in [2.05, 4.69) is 0 Å². The second kappa shape index (κ2) is 6.47. The summed E-state index contributed by atoms with van der Waals surface area (Å²) in [6.07, 6.45) is 0. The fourth-order valence-corrected chi connectivity index (χ4v) is 2.63. The number of ether oxygens (including phenoxy) is 1. The molecule has 0 spiro atoms.